The molecule has 0 bridgehead atoms. The van der Waals surface area contributed by atoms with E-state index in [2.05, 4.69) is 5.32 Å². The Labute approximate surface area is 81.2 Å². The predicted octanol–water partition coefficient (Wildman–Crippen LogP) is 2.04. The van der Waals surface area contributed by atoms with Gasteiger partial charge >= 0.3 is 0 Å². The zero-order chi connectivity index (χ0) is 8.97. The molecule has 0 spiro atoms. The Bertz CT molecular complexity index is 239. The lowest BCUT2D eigenvalue weighted by Gasteiger charge is -2.07. The average Bonchev–Trinajstić information content (AvgIpc) is 2.47. The van der Waals surface area contributed by atoms with Gasteiger partial charge in [-0.1, -0.05) is 11.6 Å². The number of aliphatic hydroxyl groups is 1. The Morgan fingerprint density at radius 2 is 2.50 bits per heavy atom. The van der Waals surface area contributed by atoms with Gasteiger partial charge in [0.1, 0.15) is 0 Å². The van der Waals surface area contributed by atoms with Crippen LogP contribution in [0, 0.1) is 0 Å². The van der Waals surface area contributed by atoms with Crippen molar-refractivity contribution in [3.8, 4) is 0 Å². The SMILES string of the molecule is CNCC[C@H](O)c1sccc1Cl. The molecule has 2 nitrogen and oxygen atoms in total. The fourth-order valence-corrected chi connectivity index (χ4v) is 2.16. The molecule has 1 atom stereocenters. The van der Waals surface area contributed by atoms with Crippen molar-refractivity contribution in [3.05, 3.63) is 21.3 Å². The van der Waals surface area contributed by atoms with Crippen molar-refractivity contribution >= 4 is 22.9 Å². The zero-order valence-corrected chi connectivity index (χ0v) is 8.45. The molecule has 1 heterocycles. The van der Waals surface area contributed by atoms with Gasteiger partial charge in [-0.2, -0.15) is 0 Å². The number of thiophene rings is 1. The highest BCUT2D eigenvalue weighted by Gasteiger charge is 2.11. The van der Waals surface area contributed by atoms with Crippen LogP contribution in [0.25, 0.3) is 0 Å². The molecule has 0 radical (unpaired) electrons. The van der Waals surface area contributed by atoms with E-state index in [1.807, 2.05) is 18.5 Å². The van der Waals surface area contributed by atoms with E-state index in [1.54, 1.807) is 0 Å². The third-order valence-corrected chi connectivity index (χ3v) is 3.07. The molecule has 2 N–H and O–H groups in total. The highest BCUT2D eigenvalue weighted by atomic mass is 35.5. The quantitative estimate of drug-likeness (QED) is 0.789. The first kappa shape index (κ1) is 9.99. The van der Waals surface area contributed by atoms with Crippen LogP contribution in [0.15, 0.2) is 11.4 Å². The molecule has 0 aliphatic heterocycles. The molecule has 0 unspecified atom stereocenters. The third kappa shape index (κ3) is 2.45. The minimum absolute atomic E-state index is 0.426. The summed E-state index contributed by atoms with van der Waals surface area (Å²) in [7, 11) is 1.86. The summed E-state index contributed by atoms with van der Waals surface area (Å²) in [4.78, 5) is 0.868. The average molecular weight is 206 g/mol. The van der Waals surface area contributed by atoms with Gasteiger partial charge in [0, 0.05) is 0 Å². The number of aliphatic hydroxyl groups excluding tert-OH is 1. The Hall–Kier alpha value is -0.0900. The number of rotatable bonds is 4. The summed E-state index contributed by atoms with van der Waals surface area (Å²) < 4.78 is 0. The maximum atomic E-state index is 9.61. The van der Waals surface area contributed by atoms with Crippen molar-refractivity contribution in [2.24, 2.45) is 0 Å². The van der Waals surface area contributed by atoms with Crippen LogP contribution in [-0.4, -0.2) is 18.7 Å². The molecule has 0 saturated heterocycles. The van der Waals surface area contributed by atoms with Gasteiger partial charge in [-0.3, -0.25) is 0 Å². The normalized spacial score (nSPS) is 13.2. The monoisotopic (exact) mass is 205 g/mol. The fourth-order valence-electron chi connectivity index (χ4n) is 0.955. The van der Waals surface area contributed by atoms with E-state index in [4.69, 9.17) is 11.6 Å². The first-order chi connectivity index (χ1) is 5.75. The zero-order valence-electron chi connectivity index (χ0n) is 6.88. The molecule has 0 aliphatic rings. The predicted molar refractivity (Wildman–Crippen MR) is 52.8 cm³/mol. The molecule has 1 aromatic rings. The lowest BCUT2D eigenvalue weighted by Crippen LogP contribution is -2.11. The summed E-state index contributed by atoms with van der Waals surface area (Å²) in [5, 5.41) is 15.1. The van der Waals surface area contributed by atoms with Gasteiger partial charge in [0.05, 0.1) is 16.0 Å². The van der Waals surface area contributed by atoms with Crippen LogP contribution in [0.1, 0.15) is 17.4 Å². The minimum Gasteiger partial charge on any atom is -0.387 e. The number of halogens is 1. The Balaban J connectivity index is 2.52. The summed E-state index contributed by atoms with van der Waals surface area (Å²) in [5.41, 5.74) is 0. The Morgan fingerprint density at radius 1 is 1.75 bits per heavy atom. The van der Waals surface area contributed by atoms with Crippen molar-refractivity contribution in [1.82, 2.24) is 5.32 Å². The van der Waals surface area contributed by atoms with Gasteiger partial charge in [-0.15, -0.1) is 11.3 Å². The first-order valence-corrected chi connectivity index (χ1v) is 5.07. The molecule has 0 aliphatic carbocycles. The van der Waals surface area contributed by atoms with Crippen molar-refractivity contribution in [3.63, 3.8) is 0 Å². The standard InChI is InChI=1S/C8H12ClNOS/c1-10-4-2-7(11)8-6(9)3-5-12-8/h3,5,7,10-11H,2,4H2,1H3/t7-/m0/s1. The van der Waals surface area contributed by atoms with E-state index in [9.17, 15) is 5.11 Å². The maximum absolute atomic E-state index is 9.61. The molecule has 4 heteroatoms. The first-order valence-electron chi connectivity index (χ1n) is 3.81. The summed E-state index contributed by atoms with van der Waals surface area (Å²) in [6.45, 7) is 0.801. The van der Waals surface area contributed by atoms with Crippen LogP contribution in [0.3, 0.4) is 0 Å². The summed E-state index contributed by atoms with van der Waals surface area (Å²) in [6.07, 6.45) is 0.279. The van der Waals surface area contributed by atoms with Gasteiger partial charge in [-0.05, 0) is 31.5 Å². The molecule has 1 rings (SSSR count). The van der Waals surface area contributed by atoms with Crippen molar-refractivity contribution in [2.45, 2.75) is 12.5 Å². The van der Waals surface area contributed by atoms with E-state index in [1.165, 1.54) is 11.3 Å². The molecule has 0 fully saturated rings. The van der Waals surface area contributed by atoms with Gasteiger partial charge in [0.25, 0.3) is 0 Å². The van der Waals surface area contributed by atoms with Crippen molar-refractivity contribution in [1.29, 1.82) is 0 Å². The van der Waals surface area contributed by atoms with Crippen LogP contribution < -0.4 is 5.32 Å². The van der Waals surface area contributed by atoms with Crippen molar-refractivity contribution in [2.75, 3.05) is 13.6 Å². The smallest absolute Gasteiger partial charge is 0.0909 e. The molecule has 1 aromatic heterocycles. The van der Waals surface area contributed by atoms with Crippen molar-refractivity contribution < 1.29 is 5.11 Å². The lowest BCUT2D eigenvalue weighted by molar-refractivity contribution is 0.171. The van der Waals surface area contributed by atoms with Crippen LogP contribution >= 0.6 is 22.9 Å². The fraction of sp³-hybridized carbons (Fsp3) is 0.500. The molecule has 68 valence electrons. The van der Waals surface area contributed by atoms with Gasteiger partial charge < -0.3 is 10.4 Å². The summed E-state index contributed by atoms with van der Waals surface area (Å²) in [6, 6.07) is 1.81. The maximum Gasteiger partial charge on any atom is 0.0909 e. The second kappa shape index (κ2) is 4.82. The highest BCUT2D eigenvalue weighted by Crippen LogP contribution is 2.29. The second-order valence-corrected chi connectivity index (χ2v) is 3.90. The highest BCUT2D eigenvalue weighted by molar-refractivity contribution is 7.10. The molecular formula is C8H12ClNOS. The summed E-state index contributed by atoms with van der Waals surface area (Å²) in [5.74, 6) is 0. The molecule has 12 heavy (non-hydrogen) atoms. The van der Waals surface area contributed by atoms with E-state index in [0.29, 0.717) is 11.4 Å². The van der Waals surface area contributed by atoms with Crippen LogP contribution in [0.4, 0.5) is 0 Å². The van der Waals surface area contributed by atoms with Gasteiger partial charge in [0.2, 0.25) is 0 Å². The molecule has 0 amide bonds. The van der Waals surface area contributed by atoms with Crippen LogP contribution in [0.2, 0.25) is 5.02 Å². The number of hydrogen-bond acceptors (Lipinski definition) is 3. The van der Waals surface area contributed by atoms with Crippen LogP contribution in [-0.2, 0) is 0 Å². The van der Waals surface area contributed by atoms with E-state index >= 15 is 0 Å². The largest absolute Gasteiger partial charge is 0.387 e. The van der Waals surface area contributed by atoms with E-state index < -0.39 is 6.10 Å². The van der Waals surface area contributed by atoms with Gasteiger partial charge in [-0.25, -0.2) is 0 Å². The number of hydrogen-bond donors (Lipinski definition) is 2. The number of nitrogens with one attached hydrogen (secondary N) is 1. The molecule has 0 aromatic carbocycles. The van der Waals surface area contributed by atoms with E-state index in [-0.39, 0.29) is 0 Å². The Morgan fingerprint density at radius 3 is 3.00 bits per heavy atom. The lowest BCUT2D eigenvalue weighted by atomic mass is 10.2. The second-order valence-electron chi connectivity index (χ2n) is 2.54. The van der Waals surface area contributed by atoms with Gasteiger partial charge in [0.15, 0.2) is 0 Å². The summed E-state index contributed by atoms with van der Waals surface area (Å²) >= 11 is 7.34. The third-order valence-electron chi connectivity index (χ3n) is 1.62. The topological polar surface area (TPSA) is 32.3 Å². The van der Waals surface area contributed by atoms with Crippen LogP contribution in [0.5, 0.6) is 0 Å². The van der Waals surface area contributed by atoms with E-state index in [0.717, 1.165) is 11.4 Å². The molecular weight excluding hydrogens is 194 g/mol. The Kier molecular flexibility index (Phi) is 4.01. The molecule has 0 saturated carbocycles. The minimum atomic E-state index is -0.426.